The largest absolute Gasteiger partial charge is 0.378 e. The Balaban J connectivity index is 0.000000131. The van der Waals surface area contributed by atoms with Crippen molar-refractivity contribution >= 4 is 54.2 Å². The minimum Gasteiger partial charge on any atom is -0.378 e. The molecule has 0 spiro atoms. The molecule has 0 amide bonds. The zero-order chi connectivity index (χ0) is 27.1. The molecular weight excluding hydrogens is 517 g/mol. The van der Waals surface area contributed by atoms with Crippen LogP contribution in [0.2, 0.25) is 0 Å². The minimum atomic E-state index is 0.492. The van der Waals surface area contributed by atoms with E-state index in [0.717, 1.165) is 11.8 Å². The molecule has 206 valence electrons. The summed E-state index contributed by atoms with van der Waals surface area (Å²) in [5.41, 5.74) is 3.59. The van der Waals surface area contributed by atoms with Gasteiger partial charge < -0.3 is 15.1 Å². The summed E-state index contributed by atoms with van der Waals surface area (Å²) < 4.78 is 2.88. The van der Waals surface area contributed by atoms with E-state index >= 15 is 0 Å². The van der Waals surface area contributed by atoms with Gasteiger partial charge in [0, 0.05) is 95.2 Å². The standard InChI is InChI=1S/C18H24N2S.C15H18N2S/c1-12(2)20-10-14-9-18(14,11-20)17-8-13-7-15(19(3)4)5-6-16(13)21-17;1-17(2)12-3-4-13-10(5-12)6-14(18-13)15-7-11(15)8-16-9-15/h5-8,12,14H,9-11H2,1-4H3;3-6,11,16H,7-9H2,1-2H3. The van der Waals surface area contributed by atoms with Crippen LogP contribution in [0.25, 0.3) is 20.2 Å². The van der Waals surface area contributed by atoms with Crippen LogP contribution in [-0.2, 0) is 10.8 Å². The lowest BCUT2D eigenvalue weighted by atomic mass is 10.0. The number of benzene rings is 2. The number of nitrogens with zero attached hydrogens (tertiary/aromatic N) is 3. The summed E-state index contributed by atoms with van der Waals surface area (Å²) in [6.45, 7) is 9.62. The maximum Gasteiger partial charge on any atom is 0.0368 e. The summed E-state index contributed by atoms with van der Waals surface area (Å²) >= 11 is 4.02. The Hall–Kier alpha value is -2.12. The van der Waals surface area contributed by atoms with Crippen molar-refractivity contribution in [2.45, 2.75) is 43.6 Å². The van der Waals surface area contributed by atoms with Crippen LogP contribution in [-0.4, -0.2) is 65.3 Å². The number of fused-ring (bicyclic) bond motifs is 4. The van der Waals surface area contributed by atoms with Gasteiger partial charge in [-0.15, -0.1) is 22.7 Å². The summed E-state index contributed by atoms with van der Waals surface area (Å²) in [5.74, 6) is 1.81. The molecule has 4 aromatic rings. The smallest absolute Gasteiger partial charge is 0.0368 e. The van der Waals surface area contributed by atoms with E-state index in [9.17, 15) is 0 Å². The molecule has 2 aliphatic heterocycles. The summed E-state index contributed by atoms with van der Waals surface area (Å²) in [6.07, 6.45) is 2.80. The average molecular weight is 559 g/mol. The average Bonchev–Trinajstić information content (AvgIpc) is 3.43. The maximum absolute atomic E-state index is 3.53. The SMILES string of the molecule is CC(C)N1CC2CC2(c2cc3cc(N(C)C)ccc3s2)C1.CN(C)c1ccc2sc(C34CNCC3C4)cc2c1. The van der Waals surface area contributed by atoms with Crippen molar-refractivity contribution in [2.24, 2.45) is 11.8 Å². The fourth-order valence-electron chi connectivity index (χ4n) is 7.13. The van der Waals surface area contributed by atoms with E-state index in [-0.39, 0.29) is 0 Å². The van der Waals surface area contributed by atoms with E-state index in [2.05, 4.69) is 111 Å². The molecule has 8 rings (SSSR count). The highest BCUT2D eigenvalue weighted by Crippen LogP contribution is 2.61. The lowest BCUT2D eigenvalue weighted by Gasteiger charge is -2.24. The van der Waals surface area contributed by atoms with Crippen LogP contribution in [0.15, 0.2) is 48.5 Å². The summed E-state index contributed by atoms with van der Waals surface area (Å²) in [4.78, 5) is 10.2. The molecule has 4 nitrogen and oxygen atoms in total. The first-order valence-corrected chi connectivity index (χ1v) is 16.2. The van der Waals surface area contributed by atoms with Gasteiger partial charge >= 0.3 is 0 Å². The van der Waals surface area contributed by atoms with Gasteiger partial charge in [-0.25, -0.2) is 0 Å². The summed E-state index contributed by atoms with van der Waals surface area (Å²) in [7, 11) is 8.43. The second-order valence-electron chi connectivity index (χ2n) is 13.2. The minimum absolute atomic E-state index is 0.492. The van der Waals surface area contributed by atoms with Gasteiger partial charge in [-0.05, 0) is 104 Å². The zero-order valence-corrected chi connectivity index (χ0v) is 25.9. The summed E-state index contributed by atoms with van der Waals surface area (Å²) in [5, 5.41) is 6.36. The van der Waals surface area contributed by atoms with Gasteiger partial charge in [-0.2, -0.15) is 0 Å². The zero-order valence-electron chi connectivity index (χ0n) is 24.3. The van der Waals surface area contributed by atoms with Crippen molar-refractivity contribution in [1.82, 2.24) is 10.2 Å². The molecule has 1 N–H and O–H groups in total. The first-order chi connectivity index (χ1) is 18.7. The first kappa shape index (κ1) is 25.8. The Morgan fingerprint density at radius 3 is 1.82 bits per heavy atom. The maximum atomic E-state index is 3.53. The van der Waals surface area contributed by atoms with Crippen molar-refractivity contribution in [2.75, 3.05) is 64.2 Å². The molecule has 0 bridgehead atoms. The second kappa shape index (κ2) is 9.20. The molecule has 4 aliphatic rings. The molecule has 2 aromatic carbocycles. The molecule has 2 aromatic heterocycles. The van der Waals surface area contributed by atoms with E-state index in [1.165, 1.54) is 70.6 Å². The third kappa shape index (κ3) is 4.30. The van der Waals surface area contributed by atoms with Crippen molar-refractivity contribution < 1.29 is 0 Å². The highest BCUT2D eigenvalue weighted by atomic mass is 32.1. The Labute approximate surface area is 241 Å². The molecule has 2 saturated heterocycles. The number of piperidine rings is 2. The molecule has 4 heterocycles. The predicted molar refractivity (Wildman–Crippen MR) is 171 cm³/mol. The highest BCUT2D eigenvalue weighted by Gasteiger charge is 2.61. The Kier molecular flexibility index (Phi) is 6.09. The van der Waals surface area contributed by atoms with Crippen molar-refractivity contribution in [3.05, 3.63) is 58.3 Å². The van der Waals surface area contributed by atoms with E-state index in [0.29, 0.717) is 16.9 Å². The normalized spacial score (nSPS) is 28.9. The first-order valence-electron chi connectivity index (χ1n) is 14.6. The number of anilines is 2. The van der Waals surface area contributed by atoms with E-state index in [1.54, 1.807) is 9.75 Å². The quantitative estimate of drug-likeness (QED) is 0.292. The van der Waals surface area contributed by atoms with Crippen molar-refractivity contribution in [1.29, 1.82) is 0 Å². The van der Waals surface area contributed by atoms with Gasteiger partial charge in [0.1, 0.15) is 0 Å². The lowest BCUT2D eigenvalue weighted by Crippen LogP contribution is -2.32. The Morgan fingerprint density at radius 2 is 1.36 bits per heavy atom. The molecule has 4 fully saturated rings. The highest BCUT2D eigenvalue weighted by molar-refractivity contribution is 7.19. The lowest BCUT2D eigenvalue weighted by molar-refractivity contribution is 0.243. The monoisotopic (exact) mass is 558 g/mol. The molecular formula is C33H42N4S2. The number of nitrogens with one attached hydrogen (secondary N) is 1. The van der Waals surface area contributed by atoms with Crippen LogP contribution in [0.5, 0.6) is 0 Å². The third-order valence-corrected chi connectivity index (χ3v) is 12.7. The Bertz CT molecular complexity index is 1530. The fourth-order valence-corrected chi connectivity index (χ4v) is 9.76. The van der Waals surface area contributed by atoms with E-state index < -0.39 is 0 Å². The summed E-state index contributed by atoms with van der Waals surface area (Å²) in [6, 6.07) is 19.2. The Morgan fingerprint density at radius 1 is 0.795 bits per heavy atom. The van der Waals surface area contributed by atoms with Gasteiger partial charge in [-0.1, -0.05) is 0 Å². The van der Waals surface area contributed by atoms with Gasteiger partial charge in [0.25, 0.3) is 0 Å². The second-order valence-corrected chi connectivity index (χ2v) is 15.4. The van der Waals surface area contributed by atoms with Crippen LogP contribution in [0, 0.1) is 11.8 Å². The fraction of sp³-hybridized carbons (Fsp3) is 0.515. The molecule has 0 radical (unpaired) electrons. The molecule has 4 atom stereocenters. The van der Waals surface area contributed by atoms with Crippen molar-refractivity contribution in [3.8, 4) is 0 Å². The third-order valence-electron chi connectivity index (χ3n) is 9.98. The van der Waals surface area contributed by atoms with Crippen LogP contribution < -0.4 is 15.1 Å². The van der Waals surface area contributed by atoms with Crippen LogP contribution in [0.4, 0.5) is 11.4 Å². The van der Waals surface area contributed by atoms with Crippen LogP contribution in [0.1, 0.15) is 36.4 Å². The number of rotatable bonds is 5. The predicted octanol–water partition coefficient (Wildman–Crippen LogP) is 6.78. The number of hydrogen-bond donors (Lipinski definition) is 1. The van der Waals surface area contributed by atoms with Crippen LogP contribution in [0.3, 0.4) is 0 Å². The molecule has 2 aliphatic carbocycles. The number of hydrogen-bond acceptors (Lipinski definition) is 6. The topological polar surface area (TPSA) is 21.8 Å². The van der Waals surface area contributed by atoms with E-state index in [4.69, 9.17) is 0 Å². The van der Waals surface area contributed by atoms with Crippen molar-refractivity contribution in [3.63, 3.8) is 0 Å². The van der Waals surface area contributed by atoms with E-state index in [1.807, 2.05) is 22.7 Å². The molecule has 6 heteroatoms. The molecule has 2 saturated carbocycles. The molecule has 4 unspecified atom stereocenters. The van der Waals surface area contributed by atoms with Gasteiger partial charge in [0.05, 0.1) is 0 Å². The molecule has 39 heavy (non-hydrogen) atoms. The number of thiophene rings is 2. The van der Waals surface area contributed by atoms with Gasteiger partial charge in [-0.3, -0.25) is 4.90 Å². The van der Waals surface area contributed by atoms with Gasteiger partial charge in [0.2, 0.25) is 0 Å². The van der Waals surface area contributed by atoms with Crippen LogP contribution >= 0.6 is 22.7 Å². The number of likely N-dealkylation sites (tertiary alicyclic amines) is 1. The van der Waals surface area contributed by atoms with Gasteiger partial charge in [0.15, 0.2) is 0 Å².